The van der Waals surface area contributed by atoms with E-state index in [1.165, 1.54) is 0 Å². The third-order valence-electron chi connectivity index (χ3n) is 2.75. The van der Waals surface area contributed by atoms with Gasteiger partial charge in [0.1, 0.15) is 0 Å². The van der Waals surface area contributed by atoms with Crippen molar-refractivity contribution in [2.75, 3.05) is 0 Å². The third-order valence-corrected chi connectivity index (χ3v) is 2.75. The van der Waals surface area contributed by atoms with E-state index in [0.717, 1.165) is 16.6 Å². The Labute approximate surface area is 97.5 Å². The topological polar surface area (TPSA) is 50.7 Å². The number of nitrogens with zero attached hydrogens (tertiary/aromatic N) is 2. The van der Waals surface area contributed by atoms with Crippen molar-refractivity contribution in [2.45, 2.75) is 6.92 Å². The smallest absolute Gasteiger partial charge is 0.249 e. The Bertz CT molecular complexity index is 725. The lowest BCUT2D eigenvalue weighted by Crippen LogP contribution is -2.04. The molecule has 0 saturated carbocycles. The van der Waals surface area contributed by atoms with Gasteiger partial charge in [-0.15, -0.1) is 5.10 Å². The molecule has 0 aliphatic heterocycles. The van der Waals surface area contributed by atoms with E-state index >= 15 is 0 Å². The van der Waals surface area contributed by atoms with Crippen LogP contribution in [0.4, 0.5) is 0 Å². The minimum absolute atomic E-state index is 0.117. The second-order valence-electron chi connectivity index (χ2n) is 3.99. The van der Waals surface area contributed by atoms with E-state index in [4.69, 9.17) is 0 Å². The maximum absolute atomic E-state index is 11.3. The van der Waals surface area contributed by atoms with Crippen LogP contribution in [0.5, 0.6) is 0 Å². The second kappa shape index (κ2) is 3.59. The molecule has 2 heterocycles. The summed E-state index contributed by atoms with van der Waals surface area (Å²) in [6.07, 6.45) is 1.93. The first-order valence-electron chi connectivity index (χ1n) is 5.39. The van der Waals surface area contributed by atoms with Gasteiger partial charge >= 0.3 is 0 Å². The number of aromatic nitrogens is 3. The number of aryl methyl sites for hydroxylation is 1. The molecule has 2 aromatic heterocycles. The summed E-state index contributed by atoms with van der Waals surface area (Å²) < 4.78 is 1.77. The standard InChI is InChI=1S/C13H11N3O/c1-9-7-12(17)14-13-11(9)8-16(15-13)10-5-3-2-4-6-10/h2-8H,1H3,(H,14,15,17). The van der Waals surface area contributed by atoms with Crippen molar-refractivity contribution < 1.29 is 0 Å². The number of H-pyrrole nitrogens is 1. The molecule has 3 rings (SSSR count). The zero-order valence-corrected chi connectivity index (χ0v) is 9.34. The van der Waals surface area contributed by atoms with Crippen molar-refractivity contribution in [3.05, 3.63) is 58.5 Å². The Morgan fingerprint density at radius 3 is 2.76 bits per heavy atom. The molecule has 3 aromatic rings. The lowest BCUT2D eigenvalue weighted by atomic mass is 10.2. The number of para-hydroxylation sites is 1. The van der Waals surface area contributed by atoms with E-state index in [1.807, 2.05) is 43.5 Å². The van der Waals surface area contributed by atoms with Crippen LogP contribution in [-0.4, -0.2) is 14.8 Å². The minimum atomic E-state index is -0.117. The number of rotatable bonds is 1. The van der Waals surface area contributed by atoms with E-state index in [9.17, 15) is 4.79 Å². The highest BCUT2D eigenvalue weighted by molar-refractivity contribution is 5.78. The molecule has 84 valence electrons. The minimum Gasteiger partial charge on any atom is -0.305 e. The Kier molecular flexibility index (Phi) is 2.08. The summed E-state index contributed by atoms with van der Waals surface area (Å²) in [7, 11) is 0. The monoisotopic (exact) mass is 225 g/mol. The molecule has 0 bridgehead atoms. The lowest BCUT2D eigenvalue weighted by Gasteiger charge is -1.97. The van der Waals surface area contributed by atoms with Gasteiger partial charge in [-0.3, -0.25) is 4.79 Å². The highest BCUT2D eigenvalue weighted by Crippen LogP contribution is 2.15. The van der Waals surface area contributed by atoms with E-state index in [0.29, 0.717) is 5.65 Å². The highest BCUT2D eigenvalue weighted by Gasteiger charge is 2.05. The van der Waals surface area contributed by atoms with Gasteiger partial charge in [-0.05, 0) is 24.6 Å². The molecule has 17 heavy (non-hydrogen) atoms. The van der Waals surface area contributed by atoms with Crippen LogP contribution in [0, 0.1) is 6.92 Å². The van der Waals surface area contributed by atoms with E-state index in [2.05, 4.69) is 10.1 Å². The van der Waals surface area contributed by atoms with Crippen LogP contribution in [-0.2, 0) is 0 Å². The first kappa shape index (κ1) is 9.84. The van der Waals surface area contributed by atoms with Crippen LogP contribution in [0.1, 0.15) is 5.56 Å². The van der Waals surface area contributed by atoms with E-state index in [1.54, 1.807) is 10.7 Å². The molecule has 0 spiro atoms. The van der Waals surface area contributed by atoms with Gasteiger partial charge in [0.2, 0.25) is 5.56 Å². The third kappa shape index (κ3) is 1.63. The summed E-state index contributed by atoms with van der Waals surface area (Å²) >= 11 is 0. The average molecular weight is 225 g/mol. The number of hydrogen-bond acceptors (Lipinski definition) is 2. The Morgan fingerprint density at radius 1 is 1.24 bits per heavy atom. The van der Waals surface area contributed by atoms with Crippen LogP contribution in [0.25, 0.3) is 16.7 Å². The fourth-order valence-corrected chi connectivity index (χ4v) is 1.89. The molecule has 1 aromatic carbocycles. The molecule has 4 nitrogen and oxygen atoms in total. The zero-order valence-electron chi connectivity index (χ0n) is 9.34. The highest BCUT2D eigenvalue weighted by atomic mass is 16.1. The molecule has 0 aliphatic carbocycles. The summed E-state index contributed by atoms with van der Waals surface area (Å²) in [5.74, 6) is 0. The molecule has 0 saturated heterocycles. The van der Waals surface area contributed by atoms with Gasteiger partial charge in [0.05, 0.1) is 5.69 Å². The Hall–Kier alpha value is -2.36. The van der Waals surface area contributed by atoms with Crippen molar-refractivity contribution in [1.82, 2.24) is 14.8 Å². The number of hydrogen-bond donors (Lipinski definition) is 1. The fraction of sp³-hybridized carbons (Fsp3) is 0.0769. The molecule has 4 heteroatoms. The van der Waals surface area contributed by atoms with Crippen LogP contribution in [0.15, 0.2) is 47.4 Å². The van der Waals surface area contributed by atoms with Crippen molar-refractivity contribution in [2.24, 2.45) is 0 Å². The first-order chi connectivity index (χ1) is 8.24. The van der Waals surface area contributed by atoms with Gasteiger partial charge in [-0.1, -0.05) is 18.2 Å². The molecular formula is C13H11N3O. The van der Waals surface area contributed by atoms with Gasteiger partial charge in [0.25, 0.3) is 0 Å². The van der Waals surface area contributed by atoms with E-state index < -0.39 is 0 Å². The van der Waals surface area contributed by atoms with Gasteiger partial charge in [0.15, 0.2) is 5.65 Å². The Balaban J connectivity index is 2.27. The van der Waals surface area contributed by atoms with Gasteiger partial charge in [-0.25, -0.2) is 4.68 Å². The van der Waals surface area contributed by atoms with Crippen LogP contribution in [0.3, 0.4) is 0 Å². The van der Waals surface area contributed by atoms with Crippen LogP contribution < -0.4 is 5.56 Å². The number of nitrogens with one attached hydrogen (secondary N) is 1. The molecular weight excluding hydrogens is 214 g/mol. The Morgan fingerprint density at radius 2 is 2.00 bits per heavy atom. The summed E-state index contributed by atoms with van der Waals surface area (Å²) in [5.41, 5.74) is 2.42. The average Bonchev–Trinajstić information content (AvgIpc) is 2.74. The van der Waals surface area contributed by atoms with Crippen LogP contribution >= 0.6 is 0 Å². The van der Waals surface area contributed by atoms with E-state index in [-0.39, 0.29) is 5.56 Å². The maximum atomic E-state index is 11.3. The number of fused-ring (bicyclic) bond motifs is 1. The molecule has 1 N–H and O–H groups in total. The second-order valence-corrected chi connectivity index (χ2v) is 3.99. The van der Waals surface area contributed by atoms with Crippen molar-refractivity contribution in [3.8, 4) is 5.69 Å². The number of benzene rings is 1. The normalized spacial score (nSPS) is 10.9. The molecule has 0 aliphatic rings. The van der Waals surface area contributed by atoms with Gasteiger partial charge < -0.3 is 4.98 Å². The summed E-state index contributed by atoms with van der Waals surface area (Å²) in [4.78, 5) is 14.1. The quantitative estimate of drug-likeness (QED) is 0.688. The SMILES string of the molecule is Cc1cc(=O)[nH]c2nn(-c3ccccc3)cc12. The van der Waals surface area contributed by atoms with Crippen molar-refractivity contribution in [1.29, 1.82) is 0 Å². The summed E-state index contributed by atoms with van der Waals surface area (Å²) in [6.45, 7) is 1.91. The predicted octanol–water partition coefficient (Wildman–Crippen LogP) is 2.02. The number of aromatic amines is 1. The largest absolute Gasteiger partial charge is 0.305 e. The molecule has 0 fully saturated rings. The number of pyridine rings is 1. The fourth-order valence-electron chi connectivity index (χ4n) is 1.89. The summed E-state index contributed by atoms with van der Waals surface area (Å²) in [6, 6.07) is 11.4. The van der Waals surface area contributed by atoms with Crippen LogP contribution in [0.2, 0.25) is 0 Å². The van der Waals surface area contributed by atoms with Crippen molar-refractivity contribution >= 4 is 11.0 Å². The zero-order chi connectivity index (χ0) is 11.8. The lowest BCUT2D eigenvalue weighted by molar-refractivity contribution is 0.888. The summed E-state index contributed by atoms with van der Waals surface area (Å²) in [5, 5.41) is 5.33. The van der Waals surface area contributed by atoms with Gasteiger partial charge in [0, 0.05) is 17.6 Å². The van der Waals surface area contributed by atoms with Crippen molar-refractivity contribution in [3.63, 3.8) is 0 Å². The maximum Gasteiger partial charge on any atom is 0.249 e. The molecule has 0 unspecified atom stereocenters. The molecule has 0 amide bonds. The first-order valence-corrected chi connectivity index (χ1v) is 5.39. The molecule has 0 atom stereocenters. The van der Waals surface area contributed by atoms with Gasteiger partial charge in [-0.2, -0.15) is 0 Å². The molecule has 0 radical (unpaired) electrons. The predicted molar refractivity (Wildman–Crippen MR) is 66.4 cm³/mol.